The Balaban J connectivity index is 2.55. The summed E-state index contributed by atoms with van der Waals surface area (Å²) in [6.45, 7) is 2.85. The van der Waals surface area contributed by atoms with E-state index >= 15 is 0 Å². The van der Waals surface area contributed by atoms with Gasteiger partial charge in [0.2, 0.25) is 0 Å². The zero-order valence-electron chi connectivity index (χ0n) is 8.90. The van der Waals surface area contributed by atoms with Gasteiger partial charge in [0.05, 0.1) is 4.92 Å². The summed E-state index contributed by atoms with van der Waals surface area (Å²) in [4.78, 5) is 9.99. The number of anilines is 1. The SMILES string of the molecule is CCCNC(=S)Nc1ccc([N+](=O)[O-])cc1. The lowest BCUT2D eigenvalue weighted by atomic mass is 10.3. The molecule has 0 aromatic heterocycles. The van der Waals surface area contributed by atoms with Gasteiger partial charge in [-0.3, -0.25) is 10.1 Å². The highest BCUT2D eigenvalue weighted by molar-refractivity contribution is 7.80. The summed E-state index contributed by atoms with van der Waals surface area (Å²) in [6, 6.07) is 6.12. The van der Waals surface area contributed by atoms with Crippen LogP contribution < -0.4 is 10.6 Å². The third kappa shape index (κ3) is 3.82. The highest BCUT2D eigenvalue weighted by atomic mass is 32.1. The van der Waals surface area contributed by atoms with E-state index in [1.165, 1.54) is 12.1 Å². The number of nitro benzene ring substituents is 1. The largest absolute Gasteiger partial charge is 0.362 e. The zero-order chi connectivity index (χ0) is 12.0. The second-order valence-corrected chi connectivity index (χ2v) is 3.59. The normalized spacial score (nSPS) is 9.56. The Morgan fingerprint density at radius 1 is 1.44 bits per heavy atom. The standard InChI is InChI=1S/C10H13N3O2S/c1-2-7-11-10(16)12-8-3-5-9(6-4-8)13(14)15/h3-6H,2,7H2,1H3,(H2,11,12,16). The lowest BCUT2D eigenvalue weighted by Gasteiger charge is -2.08. The lowest BCUT2D eigenvalue weighted by molar-refractivity contribution is -0.384. The molecule has 0 atom stereocenters. The molecule has 0 unspecified atom stereocenters. The third-order valence-electron chi connectivity index (χ3n) is 1.87. The van der Waals surface area contributed by atoms with Gasteiger partial charge in [-0.05, 0) is 30.8 Å². The zero-order valence-corrected chi connectivity index (χ0v) is 9.71. The molecular weight excluding hydrogens is 226 g/mol. The van der Waals surface area contributed by atoms with Crippen molar-refractivity contribution in [2.45, 2.75) is 13.3 Å². The second-order valence-electron chi connectivity index (χ2n) is 3.18. The molecule has 0 spiro atoms. The topological polar surface area (TPSA) is 67.2 Å². The van der Waals surface area contributed by atoms with Crippen LogP contribution in [0.1, 0.15) is 13.3 Å². The van der Waals surface area contributed by atoms with Crippen LogP contribution in [0.2, 0.25) is 0 Å². The molecule has 86 valence electrons. The van der Waals surface area contributed by atoms with E-state index in [4.69, 9.17) is 12.2 Å². The van der Waals surface area contributed by atoms with Crippen molar-refractivity contribution >= 4 is 28.7 Å². The molecule has 0 saturated heterocycles. The molecule has 6 heteroatoms. The van der Waals surface area contributed by atoms with Gasteiger partial charge < -0.3 is 10.6 Å². The van der Waals surface area contributed by atoms with E-state index in [1.54, 1.807) is 12.1 Å². The number of non-ortho nitro benzene ring substituents is 1. The first-order valence-corrected chi connectivity index (χ1v) is 5.33. The van der Waals surface area contributed by atoms with Crippen LogP contribution in [-0.2, 0) is 0 Å². The number of benzene rings is 1. The first-order valence-electron chi connectivity index (χ1n) is 4.92. The Hall–Kier alpha value is -1.69. The smallest absolute Gasteiger partial charge is 0.269 e. The fourth-order valence-electron chi connectivity index (χ4n) is 1.08. The molecule has 0 fully saturated rings. The molecule has 2 N–H and O–H groups in total. The van der Waals surface area contributed by atoms with Crippen molar-refractivity contribution in [3.63, 3.8) is 0 Å². The predicted octanol–water partition coefficient (Wildman–Crippen LogP) is 2.29. The average Bonchev–Trinajstić information content (AvgIpc) is 2.27. The van der Waals surface area contributed by atoms with E-state index in [2.05, 4.69) is 10.6 Å². The van der Waals surface area contributed by atoms with Crippen molar-refractivity contribution in [1.29, 1.82) is 0 Å². The number of rotatable bonds is 4. The van der Waals surface area contributed by atoms with Crippen LogP contribution in [-0.4, -0.2) is 16.6 Å². The minimum atomic E-state index is -0.433. The van der Waals surface area contributed by atoms with Gasteiger partial charge in [0.15, 0.2) is 5.11 Å². The van der Waals surface area contributed by atoms with Gasteiger partial charge in [-0.2, -0.15) is 0 Å². The van der Waals surface area contributed by atoms with E-state index in [1.807, 2.05) is 6.92 Å². The molecule has 1 rings (SSSR count). The number of nitrogens with one attached hydrogen (secondary N) is 2. The Labute approximate surface area is 99.0 Å². The summed E-state index contributed by atoms with van der Waals surface area (Å²) in [7, 11) is 0. The first kappa shape index (κ1) is 12.4. The van der Waals surface area contributed by atoms with E-state index in [-0.39, 0.29) is 5.69 Å². The van der Waals surface area contributed by atoms with Gasteiger partial charge in [0.1, 0.15) is 0 Å². The summed E-state index contributed by atoms with van der Waals surface area (Å²) in [6.07, 6.45) is 0.988. The quantitative estimate of drug-likeness (QED) is 0.479. The highest BCUT2D eigenvalue weighted by Gasteiger charge is 2.04. The highest BCUT2D eigenvalue weighted by Crippen LogP contribution is 2.15. The first-order chi connectivity index (χ1) is 7.63. The minimum Gasteiger partial charge on any atom is -0.362 e. The molecule has 0 aliphatic rings. The van der Waals surface area contributed by atoms with Gasteiger partial charge in [-0.15, -0.1) is 0 Å². The van der Waals surface area contributed by atoms with Crippen molar-refractivity contribution in [1.82, 2.24) is 5.32 Å². The summed E-state index contributed by atoms with van der Waals surface area (Å²) < 4.78 is 0. The van der Waals surface area contributed by atoms with Gasteiger partial charge in [0.25, 0.3) is 5.69 Å². The molecule has 0 heterocycles. The summed E-state index contributed by atoms with van der Waals surface area (Å²) in [5, 5.41) is 16.9. The molecule has 1 aromatic carbocycles. The van der Waals surface area contributed by atoms with Gasteiger partial charge in [-0.1, -0.05) is 6.92 Å². The van der Waals surface area contributed by atoms with Crippen LogP contribution in [0.15, 0.2) is 24.3 Å². The maximum atomic E-state index is 10.4. The molecule has 0 saturated carbocycles. The summed E-state index contributed by atoms with van der Waals surface area (Å²) in [5.74, 6) is 0. The maximum Gasteiger partial charge on any atom is 0.269 e. The molecule has 0 bridgehead atoms. The average molecular weight is 239 g/mol. The van der Waals surface area contributed by atoms with Crippen molar-refractivity contribution in [3.05, 3.63) is 34.4 Å². The number of thiocarbonyl (C=S) groups is 1. The molecule has 1 aromatic rings. The Kier molecular flexibility index (Phi) is 4.65. The van der Waals surface area contributed by atoms with E-state index in [9.17, 15) is 10.1 Å². The Morgan fingerprint density at radius 3 is 2.56 bits per heavy atom. The van der Waals surface area contributed by atoms with Crippen LogP contribution in [0.4, 0.5) is 11.4 Å². The molecule has 0 aliphatic carbocycles. The Bertz CT molecular complexity index is 378. The van der Waals surface area contributed by atoms with E-state index in [0.717, 1.165) is 18.7 Å². The van der Waals surface area contributed by atoms with Crippen molar-refractivity contribution < 1.29 is 4.92 Å². The van der Waals surface area contributed by atoms with Crippen LogP contribution in [0.5, 0.6) is 0 Å². The Morgan fingerprint density at radius 2 is 2.06 bits per heavy atom. The van der Waals surface area contributed by atoms with E-state index in [0.29, 0.717) is 5.11 Å². The number of hydrogen-bond acceptors (Lipinski definition) is 3. The monoisotopic (exact) mass is 239 g/mol. The molecule has 16 heavy (non-hydrogen) atoms. The lowest BCUT2D eigenvalue weighted by Crippen LogP contribution is -2.28. The fourth-order valence-corrected chi connectivity index (χ4v) is 1.30. The molecular formula is C10H13N3O2S. The third-order valence-corrected chi connectivity index (χ3v) is 2.12. The van der Waals surface area contributed by atoms with Crippen molar-refractivity contribution in [2.75, 3.05) is 11.9 Å². The molecule has 0 amide bonds. The van der Waals surface area contributed by atoms with Crippen molar-refractivity contribution in [2.24, 2.45) is 0 Å². The van der Waals surface area contributed by atoms with Gasteiger partial charge >= 0.3 is 0 Å². The van der Waals surface area contributed by atoms with Crippen LogP contribution in [0.3, 0.4) is 0 Å². The summed E-state index contributed by atoms with van der Waals surface area (Å²) in [5.41, 5.74) is 0.803. The maximum absolute atomic E-state index is 10.4. The van der Waals surface area contributed by atoms with Gasteiger partial charge in [-0.25, -0.2) is 0 Å². The van der Waals surface area contributed by atoms with Crippen LogP contribution >= 0.6 is 12.2 Å². The van der Waals surface area contributed by atoms with Crippen LogP contribution in [0, 0.1) is 10.1 Å². The molecule has 5 nitrogen and oxygen atoms in total. The minimum absolute atomic E-state index is 0.0676. The number of hydrogen-bond donors (Lipinski definition) is 2. The number of nitro groups is 1. The second kappa shape index (κ2) is 6.02. The molecule has 0 radical (unpaired) electrons. The van der Waals surface area contributed by atoms with E-state index < -0.39 is 4.92 Å². The molecule has 0 aliphatic heterocycles. The predicted molar refractivity (Wildman–Crippen MR) is 67.6 cm³/mol. The summed E-state index contributed by atoms with van der Waals surface area (Å²) >= 11 is 5.03. The van der Waals surface area contributed by atoms with Crippen LogP contribution in [0.25, 0.3) is 0 Å². The van der Waals surface area contributed by atoms with Crippen molar-refractivity contribution in [3.8, 4) is 0 Å². The fraction of sp³-hybridized carbons (Fsp3) is 0.300. The number of nitrogens with zero attached hydrogens (tertiary/aromatic N) is 1. The van der Waals surface area contributed by atoms with Gasteiger partial charge in [0, 0.05) is 24.4 Å².